The maximum atomic E-state index is 12.7. The van der Waals surface area contributed by atoms with E-state index >= 15 is 0 Å². The van der Waals surface area contributed by atoms with Crippen molar-refractivity contribution in [2.75, 3.05) is 23.3 Å². The summed E-state index contributed by atoms with van der Waals surface area (Å²) in [7, 11) is 0. The van der Waals surface area contributed by atoms with Gasteiger partial charge in [0.25, 0.3) is 11.8 Å². The number of hydrogen-bond acceptors (Lipinski definition) is 4. The van der Waals surface area contributed by atoms with Crippen molar-refractivity contribution in [1.29, 1.82) is 0 Å². The second kappa shape index (κ2) is 8.22. The minimum absolute atomic E-state index is 0.0562. The third-order valence-corrected chi connectivity index (χ3v) is 5.82. The van der Waals surface area contributed by atoms with Gasteiger partial charge in [-0.1, -0.05) is 39.0 Å². The number of carbonyl (C=O) groups excluding carboxylic acids is 4. The topological polar surface area (TPSA) is 86.8 Å². The summed E-state index contributed by atoms with van der Waals surface area (Å²) >= 11 is 0. The van der Waals surface area contributed by atoms with Crippen molar-refractivity contribution < 1.29 is 19.2 Å². The SMILES string of the molecule is CC(C)(C)C(=O)N1CCc2ccc(NC(=O)CCCN3C(=O)c4ccccc4C3=O)cc21. The van der Waals surface area contributed by atoms with Crippen molar-refractivity contribution >= 4 is 35.0 Å². The molecule has 7 heteroatoms. The Morgan fingerprint density at radius 3 is 2.28 bits per heavy atom. The van der Waals surface area contributed by atoms with Crippen molar-refractivity contribution in [2.24, 2.45) is 5.41 Å². The van der Waals surface area contributed by atoms with Crippen molar-refractivity contribution in [3.63, 3.8) is 0 Å². The standard InChI is InChI=1S/C25H27N3O4/c1-25(2,3)24(32)27-14-12-16-10-11-17(15-20(16)27)26-21(29)9-6-13-28-22(30)18-7-4-5-8-19(18)23(28)31/h4-5,7-8,10-11,15H,6,9,12-14H2,1-3H3,(H,26,29). The van der Waals surface area contributed by atoms with Crippen LogP contribution in [0.3, 0.4) is 0 Å². The molecule has 0 radical (unpaired) electrons. The molecule has 166 valence electrons. The highest BCUT2D eigenvalue weighted by Gasteiger charge is 2.35. The van der Waals surface area contributed by atoms with Crippen LogP contribution >= 0.6 is 0 Å². The first-order valence-electron chi connectivity index (χ1n) is 10.9. The van der Waals surface area contributed by atoms with Gasteiger partial charge < -0.3 is 10.2 Å². The second-order valence-electron chi connectivity index (χ2n) is 9.26. The van der Waals surface area contributed by atoms with Crippen LogP contribution in [0.15, 0.2) is 42.5 Å². The molecule has 2 heterocycles. The summed E-state index contributed by atoms with van der Waals surface area (Å²) in [4.78, 5) is 53.0. The summed E-state index contributed by atoms with van der Waals surface area (Å²) in [5.74, 6) is -0.768. The maximum absolute atomic E-state index is 12.7. The summed E-state index contributed by atoms with van der Waals surface area (Å²) in [6, 6.07) is 12.4. The quantitative estimate of drug-likeness (QED) is 0.730. The Morgan fingerprint density at radius 2 is 1.66 bits per heavy atom. The van der Waals surface area contributed by atoms with Gasteiger partial charge in [-0.3, -0.25) is 24.1 Å². The Labute approximate surface area is 187 Å². The minimum atomic E-state index is -0.481. The highest BCUT2D eigenvalue weighted by Crippen LogP contribution is 2.34. The van der Waals surface area contributed by atoms with E-state index in [1.54, 1.807) is 29.2 Å². The molecule has 0 saturated carbocycles. The van der Waals surface area contributed by atoms with E-state index in [2.05, 4.69) is 5.32 Å². The lowest BCUT2D eigenvalue weighted by molar-refractivity contribution is -0.125. The van der Waals surface area contributed by atoms with Crippen LogP contribution < -0.4 is 10.2 Å². The fraction of sp³-hybridized carbons (Fsp3) is 0.360. The zero-order chi connectivity index (χ0) is 23.0. The lowest BCUT2D eigenvalue weighted by Crippen LogP contribution is -2.38. The Morgan fingerprint density at radius 1 is 1.00 bits per heavy atom. The molecule has 0 aromatic heterocycles. The van der Waals surface area contributed by atoms with E-state index in [1.165, 1.54) is 4.90 Å². The van der Waals surface area contributed by atoms with Crippen LogP contribution in [0.2, 0.25) is 0 Å². The van der Waals surface area contributed by atoms with Crippen LogP contribution in [0.25, 0.3) is 0 Å². The van der Waals surface area contributed by atoms with E-state index in [0.717, 1.165) is 17.7 Å². The molecule has 2 aliphatic heterocycles. The zero-order valence-electron chi connectivity index (χ0n) is 18.6. The largest absolute Gasteiger partial charge is 0.326 e. The van der Waals surface area contributed by atoms with Crippen molar-refractivity contribution in [3.05, 3.63) is 59.2 Å². The molecule has 0 unspecified atom stereocenters. The number of imide groups is 1. The first-order chi connectivity index (χ1) is 15.2. The number of rotatable bonds is 5. The molecule has 0 atom stereocenters. The number of nitrogens with zero attached hydrogens (tertiary/aromatic N) is 2. The molecule has 0 aliphatic carbocycles. The van der Waals surface area contributed by atoms with Crippen LogP contribution in [-0.4, -0.2) is 41.6 Å². The number of anilines is 2. The third kappa shape index (κ3) is 4.02. The molecule has 7 nitrogen and oxygen atoms in total. The van der Waals surface area contributed by atoms with Crippen LogP contribution in [0, 0.1) is 5.41 Å². The molecular weight excluding hydrogens is 406 g/mol. The van der Waals surface area contributed by atoms with Crippen LogP contribution in [0.1, 0.15) is 59.9 Å². The molecular formula is C25H27N3O4. The van der Waals surface area contributed by atoms with Gasteiger partial charge >= 0.3 is 0 Å². The minimum Gasteiger partial charge on any atom is -0.326 e. The number of nitrogens with one attached hydrogen (secondary N) is 1. The lowest BCUT2D eigenvalue weighted by Gasteiger charge is -2.26. The highest BCUT2D eigenvalue weighted by atomic mass is 16.2. The monoisotopic (exact) mass is 433 g/mol. The van der Waals surface area contributed by atoms with Gasteiger partial charge in [0.1, 0.15) is 0 Å². The van der Waals surface area contributed by atoms with Gasteiger partial charge in [-0.15, -0.1) is 0 Å². The number of amides is 4. The molecule has 0 bridgehead atoms. The summed E-state index contributed by atoms with van der Waals surface area (Å²) in [6.45, 7) is 6.52. The van der Waals surface area contributed by atoms with E-state index in [-0.39, 0.29) is 36.6 Å². The molecule has 32 heavy (non-hydrogen) atoms. The lowest BCUT2D eigenvalue weighted by atomic mass is 9.94. The Balaban J connectivity index is 1.34. The first kappa shape index (κ1) is 21.7. The molecule has 0 saturated heterocycles. The van der Waals surface area contributed by atoms with Gasteiger partial charge in [-0.25, -0.2) is 0 Å². The Bertz CT molecular complexity index is 1080. The summed E-state index contributed by atoms with van der Waals surface area (Å²) in [6.07, 6.45) is 1.34. The van der Waals surface area contributed by atoms with Gasteiger partial charge in [0, 0.05) is 36.3 Å². The van der Waals surface area contributed by atoms with Crippen molar-refractivity contribution in [3.8, 4) is 0 Å². The van der Waals surface area contributed by atoms with Crippen LogP contribution in [-0.2, 0) is 16.0 Å². The van der Waals surface area contributed by atoms with Gasteiger partial charge in [-0.05, 0) is 42.7 Å². The molecule has 4 rings (SSSR count). The number of benzene rings is 2. The van der Waals surface area contributed by atoms with E-state index < -0.39 is 5.41 Å². The molecule has 4 amide bonds. The van der Waals surface area contributed by atoms with E-state index in [1.807, 2.05) is 39.0 Å². The number of hydrogen-bond donors (Lipinski definition) is 1. The molecule has 2 aromatic carbocycles. The van der Waals surface area contributed by atoms with Crippen molar-refractivity contribution in [1.82, 2.24) is 4.90 Å². The van der Waals surface area contributed by atoms with Gasteiger partial charge in [-0.2, -0.15) is 0 Å². The molecule has 2 aliphatic rings. The van der Waals surface area contributed by atoms with E-state index in [0.29, 0.717) is 29.8 Å². The van der Waals surface area contributed by atoms with Gasteiger partial charge in [0.2, 0.25) is 11.8 Å². The highest BCUT2D eigenvalue weighted by molar-refractivity contribution is 6.21. The fourth-order valence-corrected chi connectivity index (χ4v) is 4.14. The molecule has 0 fully saturated rings. The Hall–Kier alpha value is -3.48. The molecule has 0 spiro atoms. The number of fused-ring (bicyclic) bond motifs is 2. The first-order valence-corrected chi connectivity index (χ1v) is 10.9. The van der Waals surface area contributed by atoms with Gasteiger partial charge in [0.05, 0.1) is 11.1 Å². The second-order valence-corrected chi connectivity index (χ2v) is 9.26. The van der Waals surface area contributed by atoms with Crippen LogP contribution in [0.5, 0.6) is 0 Å². The van der Waals surface area contributed by atoms with Gasteiger partial charge in [0.15, 0.2) is 0 Å². The summed E-state index contributed by atoms with van der Waals surface area (Å²) in [5, 5.41) is 2.87. The number of carbonyl (C=O) groups is 4. The van der Waals surface area contributed by atoms with E-state index in [4.69, 9.17) is 0 Å². The van der Waals surface area contributed by atoms with Crippen molar-refractivity contribution in [2.45, 2.75) is 40.0 Å². The molecule has 2 aromatic rings. The average molecular weight is 434 g/mol. The smallest absolute Gasteiger partial charge is 0.261 e. The van der Waals surface area contributed by atoms with Crippen LogP contribution in [0.4, 0.5) is 11.4 Å². The predicted octanol–water partition coefficient (Wildman–Crippen LogP) is 3.64. The normalized spacial score (nSPS) is 15.1. The average Bonchev–Trinajstić information content (AvgIpc) is 3.27. The zero-order valence-corrected chi connectivity index (χ0v) is 18.6. The maximum Gasteiger partial charge on any atom is 0.261 e. The fourth-order valence-electron chi connectivity index (χ4n) is 4.14. The molecule has 1 N–H and O–H groups in total. The van der Waals surface area contributed by atoms with E-state index in [9.17, 15) is 19.2 Å². The predicted molar refractivity (Wildman–Crippen MR) is 122 cm³/mol. The Kier molecular flexibility index (Phi) is 5.59. The summed E-state index contributed by atoms with van der Waals surface area (Å²) in [5.41, 5.74) is 2.90. The summed E-state index contributed by atoms with van der Waals surface area (Å²) < 4.78 is 0. The third-order valence-electron chi connectivity index (χ3n) is 5.82.